The third-order valence-electron chi connectivity index (χ3n) is 0.337. The summed E-state index contributed by atoms with van der Waals surface area (Å²) in [5, 5.41) is 4.98. The first-order valence-electron chi connectivity index (χ1n) is 2.37. The van der Waals surface area contributed by atoms with E-state index < -0.39 is 0 Å². The van der Waals surface area contributed by atoms with Gasteiger partial charge in [0.2, 0.25) is 0 Å². The molecule has 0 fully saturated rings. The summed E-state index contributed by atoms with van der Waals surface area (Å²) in [7, 11) is 1.74. The van der Waals surface area contributed by atoms with E-state index in [9.17, 15) is 4.79 Å². The molecule has 0 aliphatic heterocycles. The second-order valence-electron chi connectivity index (χ2n) is 1.01. The van der Waals surface area contributed by atoms with Crippen molar-refractivity contribution in [2.45, 2.75) is 6.92 Å². The van der Waals surface area contributed by atoms with Crippen LogP contribution in [0.5, 0.6) is 0 Å². The molecule has 0 aliphatic rings. The van der Waals surface area contributed by atoms with Gasteiger partial charge >= 0.3 is 0 Å². The quantitative estimate of drug-likeness (QED) is 0.302. The monoisotopic (exact) mass is 308 g/mol. The van der Waals surface area contributed by atoms with Gasteiger partial charge in [0, 0.05) is 72.1 Å². The molecule has 0 aromatic heterocycles. The number of amides is 1. The Morgan fingerprint density at radius 2 is 1.64 bits per heavy atom. The largest absolute Gasteiger partial charge is 0.542 e. The number of nitrogens with one attached hydrogen (secondary N) is 2. The van der Waals surface area contributed by atoms with Crippen LogP contribution in [0.4, 0.5) is 0 Å². The minimum Gasteiger partial charge on any atom is -0.542 e. The molecule has 60 valence electrons. The van der Waals surface area contributed by atoms with Crippen molar-refractivity contribution < 1.29 is 75.0 Å². The summed E-state index contributed by atoms with van der Waals surface area (Å²) >= 11 is 0. The maximum absolute atomic E-state index is 9.29. The number of hydrogen-bond donors (Lipinski definition) is 2. The molecule has 4 nitrogen and oxygen atoms in total. The average Bonchev–Trinajstić information content (AvgIpc) is 1.86. The van der Waals surface area contributed by atoms with Crippen molar-refractivity contribution in [3.8, 4) is 0 Å². The minimum absolute atomic E-state index is 0. The summed E-state index contributed by atoms with van der Waals surface area (Å²) in [4.78, 5) is 18.0. The first kappa shape index (κ1) is 22.8. The van der Waals surface area contributed by atoms with Crippen molar-refractivity contribution >= 4 is 12.7 Å². The van der Waals surface area contributed by atoms with Crippen LogP contribution in [0.15, 0.2) is 0 Å². The first-order chi connectivity index (χ1) is 4.33. The molecule has 0 atom stereocenters. The zero-order valence-corrected chi connectivity index (χ0v) is 12.4. The Kier molecular flexibility index (Phi) is 62.6. The summed E-state index contributed by atoms with van der Waals surface area (Å²) in [6.45, 7) is 1.81. The molecule has 0 heterocycles. The Morgan fingerprint density at radius 1 is 1.27 bits per heavy atom. The molecule has 1 amide bonds. The maximum Gasteiger partial charge on any atom is 0.0369 e. The molecule has 0 unspecified atom stereocenters. The van der Waals surface area contributed by atoms with Gasteiger partial charge in [0.15, 0.2) is 0 Å². The molecule has 0 saturated heterocycles. The van der Waals surface area contributed by atoms with Crippen LogP contribution >= 0.6 is 0 Å². The Hall–Kier alpha value is 1.31. The summed E-state index contributed by atoms with van der Waals surface area (Å²) in [5.41, 5.74) is 0. The van der Waals surface area contributed by atoms with E-state index in [-0.39, 0.29) is 65.4 Å². The molecular formula is C5H10N2O2Y2-2. The molecule has 11 heavy (non-hydrogen) atoms. The molecule has 0 rings (SSSR count). The van der Waals surface area contributed by atoms with Crippen molar-refractivity contribution in [1.29, 1.82) is 0 Å². The predicted molar refractivity (Wildman–Crippen MR) is 34.1 cm³/mol. The van der Waals surface area contributed by atoms with E-state index in [2.05, 4.69) is 10.6 Å². The zero-order valence-electron chi connectivity index (χ0n) is 6.68. The SMILES string of the molecule is CNCN[C-]=O.C[C-]=O.[Y].[Y]. The van der Waals surface area contributed by atoms with Crippen LogP contribution in [0.1, 0.15) is 6.92 Å². The van der Waals surface area contributed by atoms with Gasteiger partial charge in [-0.1, -0.05) is 0 Å². The van der Waals surface area contributed by atoms with Gasteiger partial charge in [0.1, 0.15) is 0 Å². The molecule has 0 aliphatic carbocycles. The van der Waals surface area contributed by atoms with E-state index in [1.165, 1.54) is 19.6 Å². The predicted octanol–water partition coefficient (Wildman–Crippen LogP) is -1.07. The van der Waals surface area contributed by atoms with Crippen LogP contribution in [0.25, 0.3) is 0 Å². The summed E-state index contributed by atoms with van der Waals surface area (Å²) in [6, 6.07) is 0. The Labute approximate surface area is 117 Å². The fourth-order valence-corrected chi connectivity index (χ4v) is 0.124. The minimum atomic E-state index is 0. The third-order valence-corrected chi connectivity index (χ3v) is 0.337. The number of hydrogen-bond acceptors (Lipinski definition) is 3. The standard InChI is InChI=1S/C3H7N2O.C2H3O.2Y/c1-4-2-5-3-6;1-2-3;;/h4H,2H2,1H3,(H,5,6);1H3;;/q2*-1;;. The Morgan fingerprint density at radius 3 is 1.73 bits per heavy atom. The van der Waals surface area contributed by atoms with Gasteiger partial charge in [0.25, 0.3) is 0 Å². The molecule has 2 N–H and O–H groups in total. The van der Waals surface area contributed by atoms with Crippen LogP contribution in [0, 0.1) is 0 Å². The molecule has 0 bridgehead atoms. The van der Waals surface area contributed by atoms with E-state index in [0.29, 0.717) is 6.67 Å². The van der Waals surface area contributed by atoms with E-state index in [4.69, 9.17) is 4.79 Å². The average molecular weight is 308 g/mol. The van der Waals surface area contributed by atoms with E-state index in [1.807, 2.05) is 0 Å². The van der Waals surface area contributed by atoms with Crippen LogP contribution in [-0.2, 0) is 75.0 Å². The molecule has 2 radical (unpaired) electrons. The third kappa shape index (κ3) is 52.8. The fraction of sp³-hybridized carbons (Fsp3) is 0.600. The van der Waals surface area contributed by atoms with Crippen LogP contribution in [-0.4, -0.2) is 26.4 Å². The van der Waals surface area contributed by atoms with Gasteiger partial charge in [-0.3, -0.25) is 6.29 Å². The molecule has 0 aromatic rings. The van der Waals surface area contributed by atoms with Gasteiger partial charge in [-0.2, -0.15) is 13.3 Å². The molecule has 0 spiro atoms. The van der Waals surface area contributed by atoms with Gasteiger partial charge in [-0.15, -0.1) is 0 Å². The van der Waals surface area contributed by atoms with Crippen molar-refractivity contribution in [3.63, 3.8) is 0 Å². The number of rotatable bonds is 3. The van der Waals surface area contributed by atoms with Crippen molar-refractivity contribution in [1.82, 2.24) is 10.6 Å². The zero-order chi connectivity index (χ0) is 7.54. The van der Waals surface area contributed by atoms with Crippen LogP contribution in [0.3, 0.4) is 0 Å². The topological polar surface area (TPSA) is 58.2 Å². The second kappa shape index (κ2) is 30.2. The summed E-state index contributed by atoms with van der Waals surface area (Å²) < 4.78 is 0. The normalized spacial score (nSPS) is 5.27. The molecule has 6 heteroatoms. The first-order valence-corrected chi connectivity index (χ1v) is 2.37. The van der Waals surface area contributed by atoms with Gasteiger partial charge in [-0.25, -0.2) is 0 Å². The van der Waals surface area contributed by atoms with Gasteiger partial charge in [-0.05, 0) is 7.05 Å². The van der Waals surface area contributed by atoms with E-state index in [1.54, 1.807) is 7.05 Å². The van der Waals surface area contributed by atoms with Crippen molar-refractivity contribution in [2.24, 2.45) is 0 Å². The molecule has 0 saturated carbocycles. The Bertz CT molecular complexity index is 73.5. The van der Waals surface area contributed by atoms with Crippen LogP contribution < -0.4 is 10.6 Å². The maximum atomic E-state index is 9.29. The summed E-state index contributed by atoms with van der Waals surface area (Å²) in [5.74, 6) is 0. The number of carbonyl (C=O) groups excluding carboxylic acids is 2. The smallest absolute Gasteiger partial charge is 0.0369 e. The fourth-order valence-electron chi connectivity index (χ4n) is 0.124. The van der Waals surface area contributed by atoms with Gasteiger partial charge in [0.05, 0.1) is 0 Å². The second-order valence-corrected chi connectivity index (χ2v) is 1.01. The van der Waals surface area contributed by atoms with Crippen molar-refractivity contribution in [2.75, 3.05) is 13.7 Å². The van der Waals surface area contributed by atoms with E-state index in [0.717, 1.165) is 0 Å². The summed E-state index contributed by atoms with van der Waals surface area (Å²) in [6.07, 6.45) is 3.01. The molecular weight excluding hydrogens is 298 g/mol. The van der Waals surface area contributed by atoms with Gasteiger partial charge < -0.3 is 20.2 Å². The molecule has 0 aromatic carbocycles. The van der Waals surface area contributed by atoms with E-state index >= 15 is 0 Å². The van der Waals surface area contributed by atoms with Crippen molar-refractivity contribution in [3.05, 3.63) is 0 Å². The van der Waals surface area contributed by atoms with Crippen LogP contribution in [0.2, 0.25) is 0 Å². The Balaban J connectivity index is -0.0000000437.